The topological polar surface area (TPSA) is 58.2 Å². The van der Waals surface area contributed by atoms with Crippen LogP contribution in [0.25, 0.3) is 0 Å². The van der Waals surface area contributed by atoms with Crippen LogP contribution in [0.2, 0.25) is 0 Å². The van der Waals surface area contributed by atoms with Crippen molar-refractivity contribution in [1.29, 1.82) is 0 Å². The highest BCUT2D eigenvalue weighted by Crippen LogP contribution is 2.27. The van der Waals surface area contributed by atoms with E-state index in [4.69, 9.17) is 0 Å². The van der Waals surface area contributed by atoms with E-state index in [-0.39, 0.29) is 23.7 Å². The molecule has 0 aliphatic carbocycles. The third kappa shape index (κ3) is 1.88. The van der Waals surface area contributed by atoms with E-state index in [0.29, 0.717) is 0 Å². The van der Waals surface area contributed by atoms with E-state index in [1.54, 1.807) is 0 Å². The van der Waals surface area contributed by atoms with Crippen molar-refractivity contribution >= 4 is 11.8 Å². The molecule has 3 rings (SSSR count). The Morgan fingerprint density at radius 3 is 1.44 bits per heavy atom. The standard InChI is InChI=1S/C14H16N2O2/c17-13-11(5-7-15-13)9-1-2-10(4-3-9)12-6-8-16-14(12)18/h1-4,11-12H,5-8H2,(H,15,17)(H,16,18). The molecule has 1 aromatic rings. The Bertz CT molecular complexity index is 436. The van der Waals surface area contributed by atoms with E-state index in [2.05, 4.69) is 10.6 Å². The average Bonchev–Trinajstić information content (AvgIpc) is 2.98. The molecule has 2 aliphatic rings. The summed E-state index contributed by atoms with van der Waals surface area (Å²) in [6, 6.07) is 7.93. The molecule has 2 unspecified atom stereocenters. The van der Waals surface area contributed by atoms with Gasteiger partial charge < -0.3 is 10.6 Å². The highest BCUT2D eigenvalue weighted by atomic mass is 16.2. The molecule has 2 N–H and O–H groups in total. The molecule has 2 fully saturated rings. The number of benzene rings is 1. The van der Waals surface area contributed by atoms with Crippen LogP contribution in [0.5, 0.6) is 0 Å². The van der Waals surface area contributed by atoms with Crippen molar-refractivity contribution in [3.05, 3.63) is 35.4 Å². The second-order valence-electron chi connectivity index (χ2n) is 4.93. The van der Waals surface area contributed by atoms with Gasteiger partial charge in [-0.15, -0.1) is 0 Å². The Morgan fingerprint density at radius 1 is 0.778 bits per heavy atom. The summed E-state index contributed by atoms with van der Waals surface area (Å²) < 4.78 is 0. The summed E-state index contributed by atoms with van der Waals surface area (Å²) in [6.45, 7) is 1.52. The summed E-state index contributed by atoms with van der Waals surface area (Å²) >= 11 is 0. The van der Waals surface area contributed by atoms with Crippen molar-refractivity contribution in [3.63, 3.8) is 0 Å². The van der Waals surface area contributed by atoms with Crippen LogP contribution in [-0.4, -0.2) is 24.9 Å². The molecule has 0 saturated carbocycles. The number of carbonyl (C=O) groups is 2. The minimum absolute atomic E-state index is 0.0172. The van der Waals surface area contributed by atoms with E-state index in [1.165, 1.54) is 0 Å². The highest BCUT2D eigenvalue weighted by Gasteiger charge is 2.28. The van der Waals surface area contributed by atoms with Crippen molar-refractivity contribution in [3.8, 4) is 0 Å². The predicted molar refractivity (Wildman–Crippen MR) is 67.2 cm³/mol. The van der Waals surface area contributed by atoms with Gasteiger partial charge in [-0.25, -0.2) is 0 Å². The van der Waals surface area contributed by atoms with Gasteiger partial charge >= 0.3 is 0 Å². The van der Waals surface area contributed by atoms with Gasteiger partial charge in [-0.1, -0.05) is 24.3 Å². The van der Waals surface area contributed by atoms with Crippen LogP contribution in [0.4, 0.5) is 0 Å². The Hall–Kier alpha value is -1.84. The minimum Gasteiger partial charge on any atom is -0.356 e. The fourth-order valence-electron chi connectivity index (χ4n) is 2.78. The zero-order valence-electron chi connectivity index (χ0n) is 10.1. The lowest BCUT2D eigenvalue weighted by molar-refractivity contribution is -0.121. The number of amides is 2. The molecule has 2 amide bonds. The quantitative estimate of drug-likeness (QED) is 0.812. The zero-order chi connectivity index (χ0) is 12.5. The van der Waals surface area contributed by atoms with Gasteiger partial charge in [0.15, 0.2) is 0 Å². The lowest BCUT2D eigenvalue weighted by Gasteiger charge is -2.11. The van der Waals surface area contributed by atoms with E-state index < -0.39 is 0 Å². The van der Waals surface area contributed by atoms with Gasteiger partial charge in [0, 0.05) is 13.1 Å². The third-order valence-electron chi connectivity index (χ3n) is 3.84. The van der Waals surface area contributed by atoms with Crippen molar-refractivity contribution in [2.45, 2.75) is 24.7 Å². The summed E-state index contributed by atoms with van der Waals surface area (Å²) in [7, 11) is 0. The van der Waals surface area contributed by atoms with E-state index in [0.717, 1.165) is 37.1 Å². The van der Waals surface area contributed by atoms with Crippen LogP contribution in [0.15, 0.2) is 24.3 Å². The van der Waals surface area contributed by atoms with Gasteiger partial charge in [-0.3, -0.25) is 9.59 Å². The summed E-state index contributed by atoms with van der Waals surface area (Å²) in [6.07, 6.45) is 1.73. The van der Waals surface area contributed by atoms with Crippen molar-refractivity contribution in [1.82, 2.24) is 10.6 Å². The largest absolute Gasteiger partial charge is 0.356 e. The van der Waals surface area contributed by atoms with Crippen LogP contribution in [0.1, 0.15) is 35.8 Å². The summed E-state index contributed by atoms with van der Waals surface area (Å²) in [5.41, 5.74) is 2.10. The Labute approximate surface area is 106 Å². The number of rotatable bonds is 2. The second kappa shape index (κ2) is 4.44. The first-order valence-electron chi connectivity index (χ1n) is 6.41. The van der Waals surface area contributed by atoms with Gasteiger partial charge in [-0.2, -0.15) is 0 Å². The van der Waals surface area contributed by atoms with E-state index >= 15 is 0 Å². The average molecular weight is 244 g/mol. The zero-order valence-corrected chi connectivity index (χ0v) is 10.1. The monoisotopic (exact) mass is 244 g/mol. The Morgan fingerprint density at radius 2 is 1.17 bits per heavy atom. The first-order chi connectivity index (χ1) is 8.75. The normalized spacial score (nSPS) is 27.1. The van der Waals surface area contributed by atoms with Crippen LogP contribution >= 0.6 is 0 Å². The number of nitrogens with one attached hydrogen (secondary N) is 2. The van der Waals surface area contributed by atoms with Gasteiger partial charge in [0.05, 0.1) is 11.8 Å². The summed E-state index contributed by atoms with van der Waals surface area (Å²) in [5, 5.41) is 5.68. The van der Waals surface area contributed by atoms with Crippen LogP contribution in [0, 0.1) is 0 Å². The maximum absolute atomic E-state index is 11.6. The third-order valence-corrected chi connectivity index (χ3v) is 3.84. The number of carbonyl (C=O) groups excluding carboxylic acids is 2. The molecular formula is C14H16N2O2. The smallest absolute Gasteiger partial charge is 0.227 e. The maximum Gasteiger partial charge on any atom is 0.227 e. The first kappa shape index (κ1) is 11.3. The number of hydrogen-bond donors (Lipinski definition) is 2. The van der Waals surface area contributed by atoms with Crippen LogP contribution < -0.4 is 10.6 Å². The van der Waals surface area contributed by atoms with Crippen LogP contribution in [-0.2, 0) is 9.59 Å². The van der Waals surface area contributed by atoms with Gasteiger partial charge in [0.2, 0.25) is 11.8 Å². The lowest BCUT2D eigenvalue weighted by atomic mass is 9.92. The van der Waals surface area contributed by atoms with Gasteiger partial charge in [0.1, 0.15) is 0 Å². The molecule has 0 radical (unpaired) electrons. The molecule has 2 saturated heterocycles. The molecule has 2 aliphatic heterocycles. The molecule has 2 heterocycles. The molecule has 4 nitrogen and oxygen atoms in total. The summed E-state index contributed by atoms with van der Waals surface area (Å²) in [4.78, 5) is 23.2. The summed E-state index contributed by atoms with van der Waals surface area (Å²) in [5.74, 6) is 0.190. The molecule has 0 spiro atoms. The fraction of sp³-hybridized carbons (Fsp3) is 0.429. The first-order valence-corrected chi connectivity index (χ1v) is 6.41. The van der Waals surface area contributed by atoms with Crippen LogP contribution in [0.3, 0.4) is 0 Å². The van der Waals surface area contributed by atoms with Gasteiger partial charge in [0.25, 0.3) is 0 Å². The molecule has 18 heavy (non-hydrogen) atoms. The fourth-order valence-corrected chi connectivity index (χ4v) is 2.78. The highest BCUT2D eigenvalue weighted by molar-refractivity contribution is 5.86. The van der Waals surface area contributed by atoms with E-state index in [9.17, 15) is 9.59 Å². The molecule has 2 atom stereocenters. The van der Waals surface area contributed by atoms with Crippen molar-refractivity contribution in [2.75, 3.05) is 13.1 Å². The molecule has 0 aromatic heterocycles. The van der Waals surface area contributed by atoms with Gasteiger partial charge in [-0.05, 0) is 24.0 Å². The molecule has 94 valence electrons. The second-order valence-corrected chi connectivity index (χ2v) is 4.93. The molecule has 0 bridgehead atoms. The Kier molecular flexibility index (Phi) is 2.78. The van der Waals surface area contributed by atoms with Crippen molar-refractivity contribution < 1.29 is 9.59 Å². The molecule has 1 aromatic carbocycles. The number of hydrogen-bond acceptors (Lipinski definition) is 2. The Balaban J connectivity index is 1.80. The van der Waals surface area contributed by atoms with E-state index in [1.807, 2.05) is 24.3 Å². The minimum atomic E-state index is -0.0172. The lowest BCUT2D eigenvalue weighted by Crippen LogP contribution is -2.18. The maximum atomic E-state index is 11.6. The molecular weight excluding hydrogens is 228 g/mol. The predicted octanol–water partition coefficient (Wildman–Crippen LogP) is 0.894. The van der Waals surface area contributed by atoms with Crippen molar-refractivity contribution in [2.24, 2.45) is 0 Å². The SMILES string of the molecule is O=C1NCCC1c1ccc(C2CCNC2=O)cc1. The molecule has 4 heteroatoms.